The zero-order valence-electron chi connectivity index (χ0n) is 10.1. The number of piperidine rings is 1. The van der Waals surface area contributed by atoms with Crippen molar-refractivity contribution in [2.75, 3.05) is 6.54 Å². The highest BCUT2D eigenvalue weighted by Gasteiger charge is 2.26. The number of nitrogens with one attached hydrogen (secondary N) is 2. The van der Waals surface area contributed by atoms with Gasteiger partial charge in [0.1, 0.15) is 0 Å². The molecule has 1 amide bonds. The number of amides is 1. The molecule has 2 atom stereocenters. The molecule has 2 rings (SSSR count). The first kappa shape index (κ1) is 12.0. The molecule has 0 bridgehead atoms. The van der Waals surface area contributed by atoms with Crippen molar-refractivity contribution < 1.29 is 4.79 Å². The summed E-state index contributed by atoms with van der Waals surface area (Å²) in [5, 5.41) is 6.23. The van der Waals surface area contributed by atoms with E-state index in [1.54, 1.807) is 12.4 Å². The predicted molar refractivity (Wildman–Crippen MR) is 66.3 cm³/mol. The number of hydrogen-bond acceptors (Lipinski definition) is 3. The summed E-state index contributed by atoms with van der Waals surface area (Å²) in [6.07, 6.45) is 5.79. The van der Waals surface area contributed by atoms with Crippen LogP contribution in [-0.2, 0) is 11.3 Å². The molecule has 1 aliphatic heterocycles. The summed E-state index contributed by atoms with van der Waals surface area (Å²) >= 11 is 0. The Balaban J connectivity index is 1.84. The number of aromatic nitrogens is 1. The van der Waals surface area contributed by atoms with Gasteiger partial charge in [-0.05, 0) is 36.9 Å². The quantitative estimate of drug-likeness (QED) is 0.821. The Morgan fingerprint density at radius 3 is 3.24 bits per heavy atom. The normalized spacial score (nSPS) is 24.3. The summed E-state index contributed by atoms with van der Waals surface area (Å²) < 4.78 is 0. The van der Waals surface area contributed by atoms with Gasteiger partial charge in [-0.3, -0.25) is 9.78 Å². The van der Waals surface area contributed by atoms with Crippen LogP contribution in [0, 0.1) is 5.92 Å². The van der Waals surface area contributed by atoms with Crippen LogP contribution in [0.5, 0.6) is 0 Å². The number of pyridine rings is 1. The Labute approximate surface area is 102 Å². The summed E-state index contributed by atoms with van der Waals surface area (Å²) in [6, 6.07) is 3.80. The van der Waals surface area contributed by atoms with Gasteiger partial charge in [-0.2, -0.15) is 0 Å². The van der Waals surface area contributed by atoms with Crippen molar-refractivity contribution in [3.05, 3.63) is 30.1 Å². The molecule has 92 valence electrons. The van der Waals surface area contributed by atoms with Crippen molar-refractivity contribution in [3.8, 4) is 0 Å². The fraction of sp³-hybridized carbons (Fsp3) is 0.538. The zero-order valence-corrected chi connectivity index (χ0v) is 10.1. The highest BCUT2D eigenvalue weighted by atomic mass is 16.2. The van der Waals surface area contributed by atoms with Crippen molar-refractivity contribution in [1.82, 2.24) is 15.6 Å². The van der Waals surface area contributed by atoms with Gasteiger partial charge in [0, 0.05) is 18.9 Å². The second kappa shape index (κ2) is 5.77. The summed E-state index contributed by atoms with van der Waals surface area (Å²) in [4.78, 5) is 16.0. The van der Waals surface area contributed by atoms with Gasteiger partial charge >= 0.3 is 0 Å². The minimum atomic E-state index is -0.0413. The number of rotatable bonds is 3. The third-order valence-electron chi connectivity index (χ3n) is 3.24. The van der Waals surface area contributed by atoms with Gasteiger partial charge < -0.3 is 10.6 Å². The van der Waals surface area contributed by atoms with Gasteiger partial charge in [-0.25, -0.2) is 0 Å². The van der Waals surface area contributed by atoms with E-state index in [0.29, 0.717) is 12.5 Å². The first-order chi connectivity index (χ1) is 8.27. The molecule has 2 heterocycles. The lowest BCUT2D eigenvalue weighted by Crippen LogP contribution is -2.50. The maximum Gasteiger partial charge on any atom is 0.237 e. The highest BCUT2D eigenvalue weighted by molar-refractivity contribution is 5.82. The number of carbonyl (C=O) groups excluding carboxylic acids is 1. The molecular formula is C13H19N3O. The maximum atomic E-state index is 12.0. The molecule has 1 aliphatic rings. The standard InChI is InChI=1S/C13H19N3O/c1-10-4-2-7-15-12(10)13(17)16-9-11-5-3-6-14-8-11/h3,5-6,8,10,12,15H,2,4,7,9H2,1H3,(H,16,17). The Morgan fingerprint density at radius 2 is 2.53 bits per heavy atom. The number of hydrogen-bond donors (Lipinski definition) is 2. The molecule has 0 radical (unpaired) electrons. The molecule has 0 spiro atoms. The fourth-order valence-corrected chi connectivity index (χ4v) is 2.20. The van der Waals surface area contributed by atoms with Crippen LogP contribution in [0.15, 0.2) is 24.5 Å². The molecule has 17 heavy (non-hydrogen) atoms. The largest absolute Gasteiger partial charge is 0.351 e. The predicted octanol–water partition coefficient (Wildman–Crippen LogP) is 1.09. The van der Waals surface area contributed by atoms with Gasteiger partial charge in [-0.15, -0.1) is 0 Å². The molecule has 1 saturated heterocycles. The third kappa shape index (κ3) is 3.27. The topological polar surface area (TPSA) is 54.0 Å². The molecule has 0 saturated carbocycles. The molecule has 1 aromatic rings. The Hall–Kier alpha value is -1.42. The van der Waals surface area contributed by atoms with E-state index < -0.39 is 0 Å². The van der Waals surface area contributed by atoms with Gasteiger partial charge in [-0.1, -0.05) is 13.0 Å². The highest BCUT2D eigenvalue weighted by Crippen LogP contribution is 2.15. The van der Waals surface area contributed by atoms with E-state index in [1.807, 2.05) is 12.1 Å². The van der Waals surface area contributed by atoms with E-state index >= 15 is 0 Å². The number of nitrogens with zero attached hydrogens (tertiary/aromatic N) is 1. The van der Waals surface area contributed by atoms with Crippen LogP contribution in [0.4, 0.5) is 0 Å². The molecule has 2 N–H and O–H groups in total. The van der Waals surface area contributed by atoms with E-state index in [0.717, 1.165) is 24.9 Å². The molecule has 0 aliphatic carbocycles. The Bertz CT molecular complexity index is 366. The van der Waals surface area contributed by atoms with Crippen molar-refractivity contribution in [3.63, 3.8) is 0 Å². The number of carbonyl (C=O) groups is 1. The molecule has 4 nitrogen and oxygen atoms in total. The van der Waals surface area contributed by atoms with Crippen molar-refractivity contribution in [1.29, 1.82) is 0 Å². The molecular weight excluding hydrogens is 214 g/mol. The first-order valence-electron chi connectivity index (χ1n) is 6.17. The van der Waals surface area contributed by atoms with Crippen LogP contribution in [0.25, 0.3) is 0 Å². The van der Waals surface area contributed by atoms with Crippen LogP contribution in [0.1, 0.15) is 25.3 Å². The van der Waals surface area contributed by atoms with Crippen LogP contribution in [0.2, 0.25) is 0 Å². The molecule has 2 unspecified atom stereocenters. The van der Waals surface area contributed by atoms with Crippen molar-refractivity contribution in [2.24, 2.45) is 5.92 Å². The SMILES string of the molecule is CC1CCCNC1C(=O)NCc1cccnc1. The minimum absolute atomic E-state index is 0.0413. The van der Waals surface area contributed by atoms with Crippen molar-refractivity contribution in [2.45, 2.75) is 32.4 Å². The van der Waals surface area contributed by atoms with E-state index in [-0.39, 0.29) is 11.9 Å². The summed E-state index contributed by atoms with van der Waals surface area (Å²) in [5.74, 6) is 0.513. The lowest BCUT2D eigenvalue weighted by Gasteiger charge is -2.28. The third-order valence-corrected chi connectivity index (χ3v) is 3.24. The first-order valence-corrected chi connectivity index (χ1v) is 6.17. The van der Waals surface area contributed by atoms with E-state index in [2.05, 4.69) is 22.5 Å². The minimum Gasteiger partial charge on any atom is -0.351 e. The lowest BCUT2D eigenvalue weighted by molar-refractivity contribution is -0.125. The van der Waals surface area contributed by atoms with E-state index in [4.69, 9.17) is 0 Å². The second-order valence-corrected chi connectivity index (χ2v) is 4.63. The van der Waals surface area contributed by atoms with Crippen molar-refractivity contribution >= 4 is 5.91 Å². The Kier molecular flexibility index (Phi) is 4.09. The van der Waals surface area contributed by atoms with Gasteiger partial charge in [0.25, 0.3) is 0 Å². The smallest absolute Gasteiger partial charge is 0.237 e. The average Bonchev–Trinajstić information content (AvgIpc) is 2.38. The van der Waals surface area contributed by atoms with E-state index in [1.165, 1.54) is 0 Å². The molecule has 4 heteroatoms. The van der Waals surface area contributed by atoms with E-state index in [9.17, 15) is 4.79 Å². The molecule has 1 aromatic heterocycles. The zero-order chi connectivity index (χ0) is 12.1. The van der Waals surface area contributed by atoms with Crippen LogP contribution >= 0.6 is 0 Å². The maximum absolute atomic E-state index is 12.0. The fourth-order valence-electron chi connectivity index (χ4n) is 2.20. The molecule has 1 fully saturated rings. The van der Waals surface area contributed by atoms with Crippen LogP contribution in [-0.4, -0.2) is 23.5 Å². The summed E-state index contributed by atoms with van der Waals surface area (Å²) in [6.45, 7) is 3.62. The average molecular weight is 233 g/mol. The van der Waals surface area contributed by atoms with Gasteiger partial charge in [0.05, 0.1) is 6.04 Å². The monoisotopic (exact) mass is 233 g/mol. The van der Waals surface area contributed by atoms with Crippen LogP contribution < -0.4 is 10.6 Å². The lowest BCUT2D eigenvalue weighted by atomic mass is 9.92. The second-order valence-electron chi connectivity index (χ2n) is 4.63. The van der Waals surface area contributed by atoms with Gasteiger partial charge in [0.15, 0.2) is 0 Å². The van der Waals surface area contributed by atoms with Crippen LogP contribution in [0.3, 0.4) is 0 Å². The Morgan fingerprint density at radius 1 is 1.65 bits per heavy atom. The van der Waals surface area contributed by atoms with Gasteiger partial charge in [0.2, 0.25) is 5.91 Å². The summed E-state index contributed by atoms with van der Waals surface area (Å²) in [5.41, 5.74) is 1.03. The molecule has 0 aromatic carbocycles. The summed E-state index contributed by atoms with van der Waals surface area (Å²) in [7, 11) is 0.